The van der Waals surface area contributed by atoms with Crippen molar-refractivity contribution in [1.29, 1.82) is 0 Å². The predicted octanol–water partition coefficient (Wildman–Crippen LogP) is 1.39. The highest BCUT2D eigenvalue weighted by Gasteiger charge is 2.31. The number of amides is 1. The van der Waals surface area contributed by atoms with Crippen LogP contribution in [-0.4, -0.2) is 48.9 Å². The number of carbonyl (C=O) groups is 2. The van der Waals surface area contributed by atoms with E-state index in [1.54, 1.807) is 31.2 Å². The van der Waals surface area contributed by atoms with E-state index in [1.807, 2.05) is 6.07 Å². The summed E-state index contributed by atoms with van der Waals surface area (Å²) in [6, 6.07) is 8.39. The second-order valence-electron chi connectivity index (χ2n) is 6.48. The number of aryl methyl sites for hydroxylation is 1. The molecule has 0 radical (unpaired) electrons. The van der Waals surface area contributed by atoms with E-state index in [2.05, 4.69) is 10.3 Å². The minimum Gasteiger partial charge on any atom is -0.449 e. The maximum Gasteiger partial charge on any atom is 0.339 e. The van der Waals surface area contributed by atoms with Crippen LogP contribution in [0.3, 0.4) is 0 Å². The molecule has 0 saturated carbocycles. The summed E-state index contributed by atoms with van der Waals surface area (Å²) in [7, 11) is -3.09. The van der Waals surface area contributed by atoms with Gasteiger partial charge < -0.3 is 10.1 Å². The molecule has 26 heavy (non-hydrogen) atoms. The van der Waals surface area contributed by atoms with Crippen LogP contribution in [0.1, 0.15) is 29.4 Å². The van der Waals surface area contributed by atoms with Gasteiger partial charge in [0.05, 0.1) is 22.6 Å². The van der Waals surface area contributed by atoms with Gasteiger partial charge in [0, 0.05) is 17.1 Å². The summed E-state index contributed by atoms with van der Waals surface area (Å²) >= 11 is 0. The molecule has 2 atom stereocenters. The number of pyridine rings is 1. The van der Waals surface area contributed by atoms with Crippen LogP contribution < -0.4 is 5.32 Å². The highest BCUT2D eigenvalue weighted by atomic mass is 32.2. The summed E-state index contributed by atoms with van der Waals surface area (Å²) in [5.74, 6) is -1.13. The van der Waals surface area contributed by atoms with Gasteiger partial charge in [-0.1, -0.05) is 18.2 Å². The third-order valence-corrected chi connectivity index (χ3v) is 6.06. The maximum atomic E-state index is 12.5. The largest absolute Gasteiger partial charge is 0.449 e. The zero-order valence-corrected chi connectivity index (χ0v) is 15.4. The van der Waals surface area contributed by atoms with Gasteiger partial charge in [0.15, 0.2) is 15.9 Å². The lowest BCUT2D eigenvalue weighted by Crippen LogP contribution is -2.42. The molecular weight excluding hydrogens is 356 g/mol. The Balaban J connectivity index is 1.71. The first kappa shape index (κ1) is 18.3. The fourth-order valence-electron chi connectivity index (χ4n) is 2.98. The Kier molecular flexibility index (Phi) is 4.95. The second kappa shape index (κ2) is 7.03. The molecule has 1 aromatic carbocycles. The Morgan fingerprint density at radius 1 is 1.31 bits per heavy atom. The van der Waals surface area contributed by atoms with Crippen molar-refractivity contribution in [3.63, 3.8) is 0 Å². The van der Waals surface area contributed by atoms with Gasteiger partial charge in [0.25, 0.3) is 5.91 Å². The molecule has 2 heterocycles. The Morgan fingerprint density at radius 2 is 2.04 bits per heavy atom. The van der Waals surface area contributed by atoms with Gasteiger partial charge >= 0.3 is 5.97 Å². The smallest absolute Gasteiger partial charge is 0.339 e. The Bertz CT molecular complexity index is 971. The number of rotatable bonds is 4. The summed E-state index contributed by atoms with van der Waals surface area (Å²) in [6.07, 6.45) is -0.652. The van der Waals surface area contributed by atoms with Gasteiger partial charge in [0.1, 0.15) is 0 Å². The molecule has 0 bridgehead atoms. The lowest BCUT2D eigenvalue weighted by molar-refractivity contribution is -0.129. The highest BCUT2D eigenvalue weighted by Crippen LogP contribution is 2.20. The first-order valence-electron chi connectivity index (χ1n) is 8.33. The quantitative estimate of drug-likeness (QED) is 0.809. The van der Waals surface area contributed by atoms with Crippen LogP contribution in [0.15, 0.2) is 30.3 Å². The molecule has 1 saturated heterocycles. The van der Waals surface area contributed by atoms with E-state index < -0.39 is 33.9 Å². The first-order valence-corrected chi connectivity index (χ1v) is 10.2. The van der Waals surface area contributed by atoms with Gasteiger partial charge in [-0.05, 0) is 32.4 Å². The number of nitrogens with zero attached hydrogens (tertiary/aromatic N) is 1. The van der Waals surface area contributed by atoms with Crippen molar-refractivity contribution in [3.05, 3.63) is 41.6 Å². The first-order chi connectivity index (χ1) is 12.2. The van der Waals surface area contributed by atoms with Gasteiger partial charge in [-0.2, -0.15) is 0 Å². The third kappa shape index (κ3) is 4.01. The number of fused-ring (bicyclic) bond motifs is 1. The van der Waals surface area contributed by atoms with E-state index in [1.165, 1.54) is 6.92 Å². The molecule has 1 N–H and O–H groups in total. The number of ether oxygens (including phenoxy) is 1. The topological polar surface area (TPSA) is 102 Å². The van der Waals surface area contributed by atoms with Gasteiger partial charge in [0.2, 0.25) is 0 Å². The van der Waals surface area contributed by atoms with Crippen LogP contribution in [0.2, 0.25) is 0 Å². The van der Waals surface area contributed by atoms with Crippen LogP contribution in [0, 0.1) is 6.92 Å². The van der Waals surface area contributed by atoms with E-state index in [9.17, 15) is 18.0 Å². The van der Waals surface area contributed by atoms with Gasteiger partial charge in [-0.3, -0.25) is 9.78 Å². The molecule has 8 heteroatoms. The lowest BCUT2D eigenvalue weighted by Gasteiger charge is -2.17. The predicted molar refractivity (Wildman–Crippen MR) is 96.6 cm³/mol. The molecule has 0 aliphatic carbocycles. The fraction of sp³-hybridized carbons (Fsp3) is 0.389. The summed E-state index contributed by atoms with van der Waals surface area (Å²) in [4.78, 5) is 29.1. The molecule has 1 amide bonds. The van der Waals surface area contributed by atoms with Crippen LogP contribution in [-0.2, 0) is 19.4 Å². The molecule has 0 unspecified atom stereocenters. The lowest BCUT2D eigenvalue weighted by atomic mass is 10.1. The highest BCUT2D eigenvalue weighted by molar-refractivity contribution is 7.91. The number of para-hydroxylation sites is 1. The molecule has 7 nitrogen and oxygen atoms in total. The number of aromatic nitrogens is 1. The summed E-state index contributed by atoms with van der Waals surface area (Å²) in [6.45, 7) is 3.24. The summed E-state index contributed by atoms with van der Waals surface area (Å²) in [5, 5.41) is 3.28. The van der Waals surface area contributed by atoms with E-state index in [0.717, 1.165) is 0 Å². The summed E-state index contributed by atoms with van der Waals surface area (Å²) < 4.78 is 28.2. The second-order valence-corrected chi connectivity index (χ2v) is 8.71. The number of carbonyl (C=O) groups excluding carboxylic acids is 2. The fourth-order valence-corrected chi connectivity index (χ4v) is 4.65. The SMILES string of the molecule is Cc1cc(C(=O)O[C@H](C)C(=O)N[C@H]2CCS(=O)(=O)C2)c2ccccc2n1. The van der Waals surface area contributed by atoms with Crippen molar-refractivity contribution in [2.75, 3.05) is 11.5 Å². The number of sulfone groups is 1. The molecule has 3 rings (SSSR count). The van der Waals surface area contributed by atoms with Crippen molar-refractivity contribution in [2.45, 2.75) is 32.4 Å². The zero-order chi connectivity index (χ0) is 18.9. The van der Waals surface area contributed by atoms with Crippen LogP contribution >= 0.6 is 0 Å². The standard InChI is InChI=1S/C18H20N2O5S/c1-11-9-15(14-5-3-4-6-16(14)19-11)18(22)25-12(2)17(21)20-13-7-8-26(23,24)10-13/h3-6,9,12-13H,7-8,10H2,1-2H3,(H,20,21)/t12-,13+/m1/s1. The molecule has 2 aromatic rings. The number of hydrogen-bond acceptors (Lipinski definition) is 6. The number of hydrogen-bond donors (Lipinski definition) is 1. The molecule has 1 fully saturated rings. The van der Waals surface area contributed by atoms with E-state index >= 15 is 0 Å². The van der Waals surface area contributed by atoms with Gasteiger partial charge in [-0.25, -0.2) is 13.2 Å². The van der Waals surface area contributed by atoms with Crippen LogP contribution in [0.25, 0.3) is 10.9 Å². The maximum absolute atomic E-state index is 12.5. The van der Waals surface area contributed by atoms with Crippen LogP contribution in [0.5, 0.6) is 0 Å². The van der Waals surface area contributed by atoms with Crippen molar-refractivity contribution in [1.82, 2.24) is 10.3 Å². The van der Waals surface area contributed by atoms with E-state index in [4.69, 9.17) is 4.74 Å². The molecular formula is C18H20N2O5S. The molecule has 0 spiro atoms. The monoisotopic (exact) mass is 376 g/mol. The van der Waals surface area contributed by atoms with E-state index in [-0.39, 0.29) is 11.5 Å². The molecule has 1 aromatic heterocycles. The van der Waals surface area contributed by atoms with Gasteiger partial charge in [-0.15, -0.1) is 0 Å². The summed E-state index contributed by atoms with van der Waals surface area (Å²) in [5.41, 5.74) is 1.69. The zero-order valence-electron chi connectivity index (χ0n) is 14.6. The van der Waals surface area contributed by atoms with Crippen LogP contribution in [0.4, 0.5) is 0 Å². The minimum absolute atomic E-state index is 0.0639. The van der Waals surface area contributed by atoms with E-state index in [0.29, 0.717) is 28.6 Å². The Hall–Kier alpha value is -2.48. The number of nitrogens with one attached hydrogen (secondary N) is 1. The minimum atomic E-state index is -3.09. The number of benzene rings is 1. The molecule has 138 valence electrons. The number of esters is 1. The Labute approximate surface area is 151 Å². The van der Waals surface area contributed by atoms with Crippen molar-refractivity contribution >= 4 is 32.6 Å². The average molecular weight is 376 g/mol. The Morgan fingerprint density at radius 3 is 2.73 bits per heavy atom. The third-order valence-electron chi connectivity index (χ3n) is 4.30. The normalized spacial score (nSPS) is 19.8. The van der Waals surface area contributed by atoms with Crippen molar-refractivity contribution in [2.24, 2.45) is 0 Å². The van der Waals surface area contributed by atoms with Crippen molar-refractivity contribution < 1.29 is 22.7 Å². The molecule has 1 aliphatic heterocycles. The average Bonchev–Trinajstić information content (AvgIpc) is 2.92. The van der Waals surface area contributed by atoms with Crippen molar-refractivity contribution in [3.8, 4) is 0 Å². The molecule has 1 aliphatic rings.